The summed E-state index contributed by atoms with van der Waals surface area (Å²) in [5.74, 6) is -0.0291. The first-order valence-corrected chi connectivity index (χ1v) is 7.36. The Bertz CT molecular complexity index is 335. The van der Waals surface area contributed by atoms with Crippen LogP contribution in [0, 0.1) is 0 Å². The molecule has 0 bridgehead atoms. The molecule has 108 valence electrons. The molecule has 2 aliphatic rings. The largest absolute Gasteiger partial charge is 0.368 e. The van der Waals surface area contributed by atoms with Crippen molar-refractivity contribution in [2.45, 2.75) is 50.1 Å². The Morgan fingerprint density at radius 3 is 2.53 bits per heavy atom. The van der Waals surface area contributed by atoms with Crippen molar-refractivity contribution in [3.63, 3.8) is 0 Å². The van der Waals surface area contributed by atoms with Crippen LogP contribution in [0.3, 0.4) is 0 Å². The molecule has 2 aliphatic heterocycles. The summed E-state index contributed by atoms with van der Waals surface area (Å²) < 4.78 is 5.35. The van der Waals surface area contributed by atoms with E-state index >= 15 is 0 Å². The molecule has 0 radical (unpaired) electrons. The molecular formula is C13H21ClN2O3. The molecule has 0 saturated carbocycles. The van der Waals surface area contributed by atoms with Crippen LogP contribution in [-0.4, -0.2) is 53.9 Å². The number of alkyl halides is 1. The van der Waals surface area contributed by atoms with Gasteiger partial charge in [0.05, 0.1) is 0 Å². The minimum Gasteiger partial charge on any atom is -0.368 e. The number of amides is 2. The number of carbonyl (C=O) groups excluding carboxylic acids is 2. The van der Waals surface area contributed by atoms with Crippen molar-refractivity contribution in [3.8, 4) is 0 Å². The summed E-state index contributed by atoms with van der Waals surface area (Å²) in [6.45, 7) is 3.69. The van der Waals surface area contributed by atoms with E-state index in [9.17, 15) is 9.59 Å². The topological polar surface area (TPSA) is 58.6 Å². The van der Waals surface area contributed by atoms with Crippen molar-refractivity contribution in [3.05, 3.63) is 0 Å². The van der Waals surface area contributed by atoms with Crippen molar-refractivity contribution in [1.82, 2.24) is 10.2 Å². The molecular weight excluding hydrogens is 268 g/mol. The van der Waals surface area contributed by atoms with Gasteiger partial charge in [-0.1, -0.05) is 0 Å². The Hall–Kier alpha value is -0.810. The van der Waals surface area contributed by atoms with Gasteiger partial charge in [-0.05, 0) is 32.6 Å². The van der Waals surface area contributed by atoms with Crippen molar-refractivity contribution in [2.75, 3.05) is 19.7 Å². The molecule has 19 heavy (non-hydrogen) atoms. The molecule has 2 rings (SSSR count). The highest BCUT2D eigenvalue weighted by Gasteiger charge is 2.29. The number of likely N-dealkylation sites (tertiary alicyclic amines) is 1. The number of halogens is 1. The van der Waals surface area contributed by atoms with Crippen molar-refractivity contribution < 1.29 is 14.3 Å². The maximum Gasteiger partial charge on any atom is 0.249 e. The normalized spacial score (nSPS) is 26.2. The molecule has 0 aromatic carbocycles. The molecule has 1 N–H and O–H groups in total. The number of hydrogen-bond acceptors (Lipinski definition) is 3. The van der Waals surface area contributed by atoms with E-state index in [0.717, 1.165) is 25.7 Å². The third-order valence-corrected chi connectivity index (χ3v) is 3.90. The summed E-state index contributed by atoms with van der Waals surface area (Å²) in [5, 5.41) is 2.54. The number of hydrogen-bond donors (Lipinski definition) is 1. The zero-order valence-corrected chi connectivity index (χ0v) is 12.0. The summed E-state index contributed by atoms with van der Waals surface area (Å²) in [4.78, 5) is 25.4. The van der Waals surface area contributed by atoms with Gasteiger partial charge >= 0.3 is 0 Å². The van der Waals surface area contributed by atoms with Crippen LogP contribution in [0.25, 0.3) is 0 Å². The molecule has 0 aromatic heterocycles. The molecule has 2 amide bonds. The predicted octanol–water partition coefficient (Wildman–Crippen LogP) is 0.900. The fourth-order valence-corrected chi connectivity index (χ4v) is 2.71. The molecule has 0 spiro atoms. The van der Waals surface area contributed by atoms with Gasteiger partial charge in [-0.3, -0.25) is 9.59 Å². The van der Waals surface area contributed by atoms with Crippen LogP contribution in [-0.2, 0) is 14.3 Å². The van der Waals surface area contributed by atoms with Gasteiger partial charge in [0.15, 0.2) is 0 Å². The molecule has 0 aromatic rings. The lowest BCUT2D eigenvalue weighted by Gasteiger charge is -2.33. The van der Waals surface area contributed by atoms with Gasteiger partial charge in [0.1, 0.15) is 11.5 Å². The lowest BCUT2D eigenvalue weighted by molar-refractivity contribution is -0.132. The van der Waals surface area contributed by atoms with Gasteiger partial charge in [-0.25, -0.2) is 0 Å². The standard InChI is InChI=1S/C13H21ClN2O3/c1-9(14)13(18)16-6-4-10(5-7-16)15-12(17)11-3-2-8-19-11/h9-11H,2-8H2,1H3,(H,15,17). The average Bonchev–Trinajstić information content (AvgIpc) is 2.92. The van der Waals surface area contributed by atoms with Crippen LogP contribution < -0.4 is 5.32 Å². The summed E-state index contributed by atoms with van der Waals surface area (Å²) in [7, 11) is 0. The van der Waals surface area contributed by atoms with Gasteiger partial charge in [0.25, 0.3) is 0 Å². The third kappa shape index (κ3) is 3.83. The summed E-state index contributed by atoms with van der Waals surface area (Å²) >= 11 is 5.79. The second kappa shape index (κ2) is 6.57. The van der Waals surface area contributed by atoms with Crippen molar-refractivity contribution >= 4 is 23.4 Å². The molecule has 2 atom stereocenters. The zero-order valence-electron chi connectivity index (χ0n) is 11.2. The van der Waals surface area contributed by atoms with Gasteiger partial charge in [0, 0.05) is 25.7 Å². The van der Waals surface area contributed by atoms with Crippen molar-refractivity contribution in [2.24, 2.45) is 0 Å². The van der Waals surface area contributed by atoms with Crippen molar-refractivity contribution in [1.29, 1.82) is 0 Å². The number of piperidine rings is 1. The first kappa shape index (κ1) is 14.6. The lowest BCUT2D eigenvalue weighted by atomic mass is 10.0. The van der Waals surface area contributed by atoms with E-state index in [1.165, 1.54) is 0 Å². The second-order valence-corrected chi connectivity index (χ2v) is 5.88. The Morgan fingerprint density at radius 2 is 2.00 bits per heavy atom. The van der Waals surface area contributed by atoms with E-state index < -0.39 is 5.38 Å². The van der Waals surface area contributed by atoms with Crippen LogP contribution in [0.4, 0.5) is 0 Å². The highest BCUT2D eigenvalue weighted by atomic mass is 35.5. The molecule has 2 heterocycles. The number of nitrogens with one attached hydrogen (secondary N) is 1. The number of rotatable bonds is 3. The molecule has 2 unspecified atom stereocenters. The first-order valence-electron chi connectivity index (χ1n) is 6.93. The molecule has 2 saturated heterocycles. The summed E-state index contributed by atoms with van der Waals surface area (Å²) in [6, 6.07) is 0.145. The van der Waals surface area contributed by atoms with Gasteiger partial charge in [0.2, 0.25) is 11.8 Å². The molecule has 5 nitrogen and oxygen atoms in total. The average molecular weight is 289 g/mol. The van der Waals surface area contributed by atoms with Crippen LogP contribution in [0.2, 0.25) is 0 Å². The minimum atomic E-state index is -0.474. The monoisotopic (exact) mass is 288 g/mol. The Balaban J connectivity index is 1.74. The van der Waals surface area contributed by atoms with Crippen LogP contribution in [0.5, 0.6) is 0 Å². The van der Waals surface area contributed by atoms with E-state index in [-0.39, 0.29) is 24.0 Å². The van der Waals surface area contributed by atoms with Crippen LogP contribution in [0.15, 0.2) is 0 Å². The maximum absolute atomic E-state index is 11.9. The number of carbonyl (C=O) groups is 2. The molecule has 2 fully saturated rings. The summed E-state index contributed by atoms with van der Waals surface area (Å²) in [5.41, 5.74) is 0. The van der Waals surface area contributed by atoms with Gasteiger partial charge < -0.3 is 15.0 Å². The Kier molecular flexibility index (Phi) is 5.05. The zero-order chi connectivity index (χ0) is 13.8. The van der Waals surface area contributed by atoms with Gasteiger partial charge in [-0.15, -0.1) is 11.6 Å². The van der Waals surface area contributed by atoms with Crippen LogP contribution in [0.1, 0.15) is 32.6 Å². The predicted molar refractivity (Wildman–Crippen MR) is 72.0 cm³/mol. The SMILES string of the molecule is CC(Cl)C(=O)N1CCC(NC(=O)C2CCCO2)CC1. The lowest BCUT2D eigenvalue weighted by Crippen LogP contribution is -2.49. The highest BCUT2D eigenvalue weighted by molar-refractivity contribution is 6.30. The Labute approximate surface area is 118 Å². The second-order valence-electron chi connectivity index (χ2n) is 5.23. The highest BCUT2D eigenvalue weighted by Crippen LogP contribution is 2.16. The number of nitrogens with zero attached hydrogens (tertiary/aromatic N) is 1. The van der Waals surface area contributed by atoms with E-state index in [0.29, 0.717) is 19.7 Å². The number of ether oxygens (including phenoxy) is 1. The Morgan fingerprint density at radius 1 is 1.32 bits per heavy atom. The smallest absolute Gasteiger partial charge is 0.249 e. The van der Waals surface area contributed by atoms with E-state index in [2.05, 4.69) is 5.32 Å². The minimum absolute atomic E-state index is 0.00649. The summed E-state index contributed by atoms with van der Waals surface area (Å²) in [6.07, 6.45) is 3.07. The van der Waals surface area contributed by atoms with E-state index in [1.807, 2.05) is 0 Å². The third-order valence-electron chi connectivity index (χ3n) is 3.72. The van der Waals surface area contributed by atoms with E-state index in [1.54, 1.807) is 11.8 Å². The maximum atomic E-state index is 11.9. The molecule has 6 heteroatoms. The quantitative estimate of drug-likeness (QED) is 0.785. The first-order chi connectivity index (χ1) is 9.08. The van der Waals surface area contributed by atoms with E-state index in [4.69, 9.17) is 16.3 Å². The fraction of sp³-hybridized carbons (Fsp3) is 0.846. The molecule has 0 aliphatic carbocycles. The fourth-order valence-electron chi connectivity index (χ4n) is 2.57. The van der Waals surface area contributed by atoms with Crippen LogP contribution >= 0.6 is 11.6 Å². The van der Waals surface area contributed by atoms with Gasteiger partial charge in [-0.2, -0.15) is 0 Å².